The van der Waals surface area contributed by atoms with Crippen molar-refractivity contribution in [1.82, 2.24) is 0 Å². The lowest BCUT2D eigenvalue weighted by Gasteiger charge is -2.14. The quantitative estimate of drug-likeness (QED) is 0.455. The summed E-state index contributed by atoms with van der Waals surface area (Å²) in [5.41, 5.74) is 0.00703. The van der Waals surface area contributed by atoms with Crippen LogP contribution in [0.4, 0.5) is 0 Å². The second-order valence-electron chi connectivity index (χ2n) is 4.14. The lowest BCUT2D eigenvalue weighted by atomic mass is 9.90. The van der Waals surface area contributed by atoms with E-state index in [0.717, 1.165) is 0 Å². The first kappa shape index (κ1) is 12.8. The summed E-state index contributed by atoms with van der Waals surface area (Å²) >= 11 is 3.08. The zero-order valence-corrected chi connectivity index (χ0v) is 10.7. The van der Waals surface area contributed by atoms with Gasteiger partial charge in [-0.1, -0.05) is 35.9 Å². The fraction of sp³-hybridized carbons (Fsp3) is 0.364. The summed E-state index contributed by atoms with van der Waals surface area (Å²) in [6, 6.07) is 0. The van der Waals surface area contributed by atoms with E-state index < -0.39 is 10.3 Å². The van der Waals surface area contributed by atoms with Crippen molar-refractivity contribution in [3.05, 3.63) is 45.7 Å². The fourth-order valence-electron chi connectivity index (χ4n) is 1.46. The summed E-state index contributed by atoms with van der Waals surface area (Å²) < 4.78 is 0. The first-order chi connectivity index (χ1) is 7.35. The minimum Gasteiger partial charge on any atom is -0.293 e. The molecule has 0 aromatic carbocycles. The lowest BCUT2D eigenvalue weighted by molar-refractivity contribution is -0.419. The highest BCUT2D eigenvalue weighted by atomic mass is 79.9. The Labute approximate surface area is 102 Å². The molecule has 0 heterocycles. The molecule has 1 aliphatic carbocycles. The molecule has 0 aromatic rings. The van der Waals surface area contributed by atoms with Crippen LogP contribution in [0, 0.1) is 15.5 Å². The summed E-state index contributed by atoms with van der Waals surface area (Å²) in [6.45, 7) is 3.65. The van der Waals surface area contributed by atoms with Gasteiger partial charge in [-0.05, 0) is 6.08 Å². The van der Waals surface area contributed by atoms with Gasteiger partial charge in [0.25, 0.3) is 5.70 Å². The molecule has 0 unspecified atom stereocenters. The van der Waals surface area contributed by atoms with Crippen LogP contribution in [0.2, 0.25) is 0 Å². The first-order valence-corrected chi connectivity index (χ1v) is 5.85. The molecule has 16 heavy (non-hydrogen) atoms. The summed E-state index contributed by atoms with van der Waals surface area (Å²) in [5.74, 6) is -0.0812. The summed E-state index contributed by atoms with van der Waals surface area (Å²) in [4.78, 5) is 21.8. The van der Waals surface area contributed by atoms with Gasteiger partial charge in [0.05, 0.1) is 10.3 Å². The number of nitrogens with zero attached hydrogens (tertiary/aromatic N) is 1. The third-order valence-corrected chi connectivity index (χ3v) is 2.64. The molecule has 5 heteroatoms. The predicted molar refractivity (Wildman–Crippen MR) is 64.9 cm³/mol. The van der Waals surface area contributed by atoms with Crippen molar-refractivity contribution in [2.45, 2.75) is 13.8 Å². The Hall–Kier alpha value is -1.23. The van der Waals surface area contributed by atoms with Gasteiger partial charge in [0.15, 0.2) is 5.78 Å². The smallest absolute Gasteiger partial charge is 0.266 e. The van der Waals surface area contributed by atoms with Crippen LogP contribution < -0.4 is 0 Å². The summed E-state index contributed by atoms with van der Waals surface area (Å²) in [7, 11) is 0. The maximum atomic E-state index is 11.5. The van der Waals surface area contributed by atoms with E-state index >= 15 is 0 Å². The van der Waals surface area contributed by atoms with Crippen molar-refractivity contribution in [3.63, 3.8) is 0 Å². The molecule has 86 valence electrons. The van der Waals surface area contributed by atoms with Gasteiger partial charge in [0.2, 0.25) is 0 Å². The van der Waals surface area contributed by atoms with E-state index in [1.807, 2.05) is 13.8 Å². The minimum absolute atomic E-state index is 0.0126. The fourth-order valence-corrected chi connectivity index (χ4v) is 1.78. The Morgan fingerprint density at radius 1 is 1.44 bits per heavy atom. The molecular weight excluding hydrogens is 274 g/mol. The highest BCUT2D eigenvalue weighted by Gasteiger charge is 2.22. The van der Waals surface area contributed by atoms with Crippen LogP contribution in [-0.4, -0.2) is 16.0 Å². The Kier molecular flexibility index (Phi) is 3.80. The summed E-state index contributed by atoms with van der Waals surface area (Å²) in [6.07, 6.45) is 6.13. The van der Waals surface area contributed by atoms with Gasteiger partial charge >= 0.3 is 0 Å². The number of ketones is 1. The van der Waals surface area contributed by atoms with Crippen LogP contribution in [0.5, 0.6) is 0 Å². The molecule has 0 radical (unpaired) electrons. The largest absolute Gasteiger partial charge is 0.293 e. The van der Waals surface area contributed by atoms with Crippen LogP contribution in [0.25, 0.3) is 0 Å². The monoisotopic (exact) mass is 285 g/mol. The molecule has 0 saturated carbocycles. The molecule has 0 saturated heterocycles. The number of nitro groups is 1. The average molecular weight is 286 g/mol. The highest BCUT2D eigenvalue weighted by molar-refractivity contribution is 9.09. The number of rotatable bonds is 3. The molecule has 0 spiro atoms. The Morgan fingerprint density at radius 2 is 2.06 bits per heavy atom. The second-order valence-corrected chi connectivity index (χ2v) is 4.70. The molecule has 0 atom stereocenters. The van der Waals surface area contributed by atoms with Crippen LogP contribution >= 0.6 is 15.9 Å². The van der Waals surface area contributed by atoms with Crippen molar-refractivity contribution in [1.29, 1.82) is 0 Å². The predicted octanol–water partition coefficient (Wildman–Crippen LogP) is 2.63. The Balaban J connectivity index is 3.15. The Bertz CT molecular complexity index is 419. The maximum absolute atomic E-state index is 11.5. The standard InChI is InChI=1S/C11H12BrNO3/c1-11(2)5-8(10(14)7-12)3-4-9(6-11)13(15)16/h3-6H,7H2,1-2H3. The number of allylic oxidation sites excluding steroid dienone is 5. The van der Waals surface area contributed by atoms with Crippen LogP contribution in [0.3, 0.4) is 0 Å². The number of Topliss-reactive ketones (excluding diaryl/α,β-unsaturated/α-hetero) is 1. The van der Waals surface area contributed by atoms with Crippen LogP contribution in [0.15, 0.2) is 35.6 Å². The van der Waals surface area contributed by atoms with Gasteiger partial charge in [-0.15, -0.1) is 0 Å². The van der Waals surface area contributed by atoms with Gasteiger partial charge in [-0.2, -0.15) is 0 Å². The molecule has 0 aromatic heterocycles. The van der Waals surface area contributed by atoms with E-state index in [9.17, 15) is 14.9 Å². The number of hydrogen-bond donors (Lipinski definition) is 0. The van der Waals surface area contributed by atoms with E-state index in [1.54, 1.807) is 6.08 Å². The number of carbonyl (C=O) groups excluding carboxylic acids is 1. The second kappa shape index (κ2) is 4.74. The van der Waals surface area contributed by atoms with E-state index in [-0.39, 0.29) is 16.8 Å². The van der Waals surface area contributed by atoms with Crippen molar-refractivity contribution in [2.24, 2.45) is 5.41 Å². The molecule has 0 N–H and O–H groups in total. The van der Waals surface area contributed by atoms with Crippen LogP contribution in [0.1, 0.15) is 13.8 Å². The average Bonchev–Trinajstić information content (AvgIpc) is 2.35. The first-order valence-electron chi connectivity index (χ1n) is 4.73. The molecule has 1 aliphatic rings. The minimum atomic E-state index is -0.501. The summed E-state index contributed by atoms with van der Waals surface area (Å²) in [5, 5.41) is 10.9. The third-order valence-electron chi connectivity index (χ3n) is 2.14. The van der Waals surface area contributed by atoms with E-state index in [4.69, 9.17) is 0 Å². The molecule has 0 fully saturated rings. The molecule has 4 nitrogen and oxygen atoms in total. The number of halogens is 1. The van der Waals surface area contributed by atoms with Gasteiger partial charge in [-0.3, -0.25) is 14.9 Å². The molecule has 0 bridgehead atoms. The van der Waals surface area contributed by atoms with Crippen molar-refractivity contribution in [3.8, 4) is 0 Å². The van der Waals surface area contributed by atoms with Gasteiger partial charge in [0, 0.05) is 23.1 Å². The zero-order valence-electron chi connectivity index (χ0n) is 9.07. The Morgan fingerprint density at radius 3 is 2.56 bits per heavy atom. The maximum Gasteiger partial charge on any atom is 0.266 e. The van der Waals surface area contributed by atoms with Gasteiger partial charge < -0.3 is 0 Å². The number of alkyl halides is 1. The molecule has 0 amide bonds. The number of carbonyl (C=O) groups is 1. The zero-order chi connectivity index (χ0) is 12.3. The molecule has 0 aliphatic heterocycles. The van der Waals surface area contributed by atoms with E-state index in [0.29, 0.717) is 5.57 Å². The molecule has 1 rings (SSSR count). The van der Waals surface area contributed by atoms with Gasteiger partial charge in [-0.25, -0.2) is 0 Å². The molecular formula is C11H12BrNO3. The highest BCUT2D eigenvalue weighted by Crippen LogP contribution is 2.27. The van der Waals surface area contributed by atoms with Crippen molar-refractivity contribution < 1.29 is 9.72 Å². The van der Waals surface area contributed by atoms with Gasteiger partial charge in [0.1, 0.15) is 0 Å². The van der Waals surface area contributed by atoms with Crippen LogP contribution in [-0.2, 0) is 4.79 Å². The van der Waals surface area contributed by atoms with Crippen molar-refractivity contribution in [2.75, 3.05) is 5.33 Å². The lowest BCUT2D eigenvalue weighted by Crippen LogP contribution is -2.09. The SMILES string of the molecule is CC1(C)C=C(C(=O)CBr)C=CC([N+](=O)[O-])=C1. The normalized spacial score (nSPS) is 18.4. The van der Waals surface area contributed by atoms with E-state index in [1.165, 1.54) is 18.2 Å². The topological polar surface area (TPSA) is 60.2 Å². The van der Waals surface area contributed by atoms with E-state index in [2.05, 4.69) is 15.9 Å². The number of hydrogen-bond acceptors (Lipinski definition) is 3. The third kappa shape index (κ3) is 3.13. The van der Waals surface area contributed by atoms with Crippen molar-refractivity contribution >= 4 is 21.7 Å².